The van der Waals surface area contributed by atoms with Crippen LogP contribution in [0.25, 0.3) is 21.7 Å². The Kier molecular flexibility index (Phi) is 14.4. The number of carbonyl (C=O) groups excluding carboxylic acids is 5. The first-order valence-electron chi connectivity index (χ1n) is 19.5. The summed E-state index contributed by atoms with van der Waals surface area (Å²) in [7, 11) is 0. The maximum atomic E-state index is 14.6. The Morgan fingerprint density at radius 1 is 0.737 bits per heavy atom. The number of amides is 5. The summed E-state index contributed by atoms with van der Waals surface area (Å²) < 4.78 is 0. The number of nitrogens with one attached hydrogen (secondary N) is 6. The Hall–Kier alpha value is -5.64. The van der Waals surface area contributed by atoms with Crippen LogP contribution in [0.3, 0.4) is 0 Å². The number of aromatic amines is 1. The van der Waals surface area contributed by atoms with Crippen LogP contribution in [0.15, 0.2) is 83.8 Å². The van der Waals surface area contributed by atoms with Crippen LogP contribution in [0, 0.1) is 5.92 Å². The van der Waals surface area contributed by atoms with Gasteiger partial charge in [0, 0.05) is 47.7 Å². The molecule has 2 aromatic heterocycles. The number of rotatable bonds is 19. The molecule has 1 aliphatic rings. The zero-order valence-electron chi connectivity index (χ0n) is 31.8. The van der Waals surface area contributed by atoms with Crippen molar-refractivity contribution in [2.45, 2.75) is 75.5 Å². The van der Waals surface area contributed by atoms with E-state index in [2.05, 4.69) is 36.6 Å². The van der Waals surface area contributed by atoms with Gasteiger partial charge in [-0.1, -0.05) is 60.7 Å². The van der Waals surface area contributed by atoms with E-state index >= 15 is 0 Å². The van der Waals surface area contributed by atoms with E-state index in [0.717, 1.165) is 32.8 Å². The number of carbonyl (C=O) groups is 5. The Labute approximate surface area is 335 Å². The number of hydrogen-bond acceptors (Lipinski definition) is 9. The lowest BCUT2D eigenvalue weighted by atomic mass is 9.94. The molecule has 300 valence electrons. The highest BCUT2D eigenvalue weighted by Crippen LogP contribution is 2.22. The molecule has 1 saturated heterocycles. The Balaban J connectivity index is 1.29. The number of primary amides is 1. The fourth-order valence-corrected chi connectivity index (χ4v) is 7.93. The highest BCUT2D eigenvalue weighted by molar-refractivity contribution is 7.07. The molecule has 0 aliphatic carbocycles. The number of H-pyrrole nitrogens is 1. The molecule has 4 atom stereocenters. The van der Waals surface area contributed by atoms with Gasteiger partial charge in [-0.2, -0.15) is 0 Å². The van der Waals surface area contributed by atoms with Crippen LogP contribution in [0.4, 0.5) is 0 Å². The van der Waals surface area contributed by atoms with E-state index in [1.165, 1.54) is 11.3 Å². The van der Waals surface area contributed by atoms with Gasteiger partial charge in [-0.05, 0) is 79.7 Å². The second kappa shape index (κ2) is 20.0. The maximum Gasteiger partial charge on any atom is 0.243 e. The third-order valence-corrected chi connectivity index (χ3v) is 11.2. The van der Waals surface area contributed by atoms with Gasteiger partial charge >= 0.3 is 0 Å². The predicted molar refractivity (Wildman–Crippen MR) is 221 cm³/mol. The number of para-hydroxylation sites is 1. The number of aromatic nitrogens is 2. The van der Waals surface area contributed by atoms with Crippen molar-refractivity contribution in [1.82, 2.24) is 36.6 Å². The van der Waals surface area contributed by atoms with Crippen molar-refractivity contribution in [2.75, 3.05) is 19.6 Å². The van der Waals surface area contributed by atoms with Gasteiger partial charge in [-0.15, -0.1) is 11.3 Å². The lowest BCUT2D eigenvalue weighted by Gasteiger charge is -2.28. The van der Waals surface area contributed by atoms with Crippen LogP contribution < -0.4 is 38.1 Å². The second-order valence-electron chi connectivity index (χ2n) is 14.5. The van der Waals surface area contributed by atoms with Gasteiger partial charge in [-0.3, -0.25) is 24.0 Å². The number of piperidine rings is 1. The average Bonchev–Trinajstić information content (AvgIpc) is 3.90. The van der Waals surface area contributed by atoms with Crippen LogP contribution in [-0.4, -0.2) is 83.3 Å². The SMILES string of the molecule is NCCCC[C@H](NC(=O)[C@H](Cc1cscn1)NC(=O)[C@@H](Cc1c[nH]c2ccccc12)NC(=O)[C@@H](Cc1cccc2ccccc12)NC(=O)C1CCNCC1)C(N)=O. The molecule has 0 unspecified atom stereocenters. The normalized spacial score (nSPS) is 15.3. The monoisotopic (exact) mass is 793 g/mol. The number of nitrogens with zero attached hydrogens (tertiary/aromatic N) is 1. The van der Waals surface area contributed by atoms with E-state index < -0.39 is 47.8 Å². The molecule has 57 heavy (non-hydrogen) atoms. The molecule has 1 aliphatic heterocycles. The van der Waals surface area contributed by atoms with Gasteiger partial charge < -0.3 is 43.0 Å². The smallest absolute Gasteiger partial charge is 0.243 e. The Morgan fingerprint density at radius 2 is 1.37 bits per heavy atom. The molecule has 5 amide bonds. The van der Waals surface area contributed by atoms with Crippen molar-refractivity contribution in [3.05, 3.63) is 101 Å². The quantitative estimate of drug-likeness (QED) is 0.0578. The molecule has 1 fully saturated rings. The molecule has 0 bridgehead atoms. The molecule has 10 N–H and O–H groups in total. The predicted octanol–water partition coefficient (Wildman–Crippen LogP) is 2.36. The first kappa shape index (κ1) is 41.0. The lowest BCUT2D eigenvalue weighted by molar-refractivity contribution is -0.135. The van der Waals surface area contributed by atoms with Crippen LogP contribution in [0.5, 0.6) is 0 Å². The summed E-state index contributed by atoms with van der Waals surface area (Å²) in [6.07, 6.45) is 4.86. The van der Waals surface area contributed by atoms with Crippen molar-refractivity contribution in [3.8, 4) is 0 Å². The van der Waals surface area contributed by atoms with Gasteiger partial charge in [0.15, 0.2) is 0 Å². The van der Waals surface area contributed by atoms with Crippen LogP contribution in [-0.2, 0) is 43.2 Å². The zero-order valence-corrected chi connectivity index (χ0v) is 32.6. The van der Waals surface area contributed by atoms with Crippen LogP contribution in [0.2, 0.25) is 0 Å². The first-order valence-corrected chi connectivity index (χ1v) is 20.4. The molecular weight excluding hydrogens is 743 g/mol. The molecule has 0 saturated carbocycles. The fraction of sp³-hybridized carbons (Fsp3) is 0.381. The molecule has 0 radical (unpaired) electrons. The highest BCUT2D eigenvalue weighted by Gasteiger charge is 2.33. The Bertz CT molecular complexity index is 2140. The highest BCUT2D eigenvalue weighted by atomic mass is 32.1. The van der Waals surface area contributed by atoms with Crippen LogP contribution in [0.1, 0.15) is 48.9 Å². The zero-order chi connectivity index (χ0) is 40.1. The van der Waals surface area contributed by atoms with Gasteiger partial charge in [0.2, 0.25) is 29.5 Å². The minimum Gasteiger partial charge on any atom is -0.368 e. The number of hydrogen-bond donors (Lipinski definition) is 8. The minimum absolute atomic E-state index is 0.0269. The lowest BCUT2D eigenvalue weighted by Crippen LogP contribution is -2.59. The van der Waals surface area contributed by atoms with Crippen LogP contribution >= 0.6 is 11.3 Å². The molecule has 0 spiro atoms. The second-order valence-corrected chi connectivity index (χ2v) is 15.3. The summed E-state index contributed by atoms with van der Waals surface area (Å²) in [5.74, 6) is -2.97. The average molecular weight is 794 g/mol. The van der Waals surface area contributed by atoms with Gasteiger partial charge in [-0.25, -0.2) is 4.98 Å². The molecule has 15 heteroatoms. The topological polar surface area (TPSA) is 226 Å². The van der Waals surface area contributed by atoms with Gasteiger partial charge in [0.1, 0.15) is 24.2 Å². The van der Waals surface area contributed by atoms with Gasteiger partial charge in [0.25, 0.3) is 0 Å². The summed E-state index contributed by atoms with van der Waals surface area (Å²) in [6.45, 7) is 1.83. The van der Waals surface area contributed by atoms with E-state index in [4.69, 9.17) is 11.5 Å². The number of nitrogens with two attached hydrogens (primary N) is 2. The van der Waals surface area contributed by atoms with Gasteiger partial charge in [0.05, 0.1) is 11.2 Å². The van der Waals surface area contributed by atoms with E-state index in [-0.39, 0.29) is 37.5 Å². The molecule has 3 aromatic carbocycles. The molecule has 14 nitrogen and oxygen atoms in total. The minimum atomic E-state index is -1.18. The number of benzene rings is 3. The Morgan fingerprint density at radius 3 is 2.07 bits per heavy atom. The fourth-order valence-electron chi connectivity index (χ4n) is 7.36. The molecule has 3 heterocycles. The van der Waals surface area contributed by atoms with Crippen molar-refractivity contribution < 1.29 is 24.0 Å². The number of unbranched alkanes of at least 4 members (excludes halogenated alkanes) is 1. The third kappa shape index (κ3) is 11.0. The van der Waals surface area contributed by atoms with Crippen molar-refractivity contribution in [1.29, 1.82) is 0 Å². The summed E-state index contributed by atoms with van der Waals surface area (Å²) in [5.41, 5.74) is 16.0. The van der Waals surface area contributed by atoms with E-state index in [0.29, 0.717) is 51.0 Å². The summed E-state index contributed by atoms with van der Waals surface area (Å²) in [5, 5.41) is 19.5. The van der Waals surface area contributed by atoms with Crippen molar-refractivity contribution in [2.24, 2.45) is 17.4 Å². The van der Waals surface area contributed by atoms with Crippen molar-refractivity contribution in [3.63, 3.8) is 0 Å². The first-order chi connectivity index (χ1) is 27.7. The standard InChI is InChI=1S/C42H51N9O5S/c43-17-6-5-14-34(38(44)52)48-42(56)37(22-30-24-57-25-47-30)51-41(55)36(21-29-23-46-33-13-4-3-12-32(29)33)50-40(54)35(49-39(53)27-15-18-45-19-16-27)20-28-10-7-9-26-8-1-2-11-31(26)28/h1-4,7-13,23-25,27,34-37,45-46H,5-6,14-22,43H2,(H2,44,52)(H,48,56)(H,49,53)(H,50,54)(H,51,55)/t34-,35+,36+,37-/m0/s1. The largest absolute Gasteiger partial charge is 0.368 e. The van der Waals surface area contributed by atoms with E-state index in [1.54, 1.807) is 17.1 Å². The number of thiazole rings is 1. The third-order valence-electron chi connectivity index (χ3n) is 10.5. The van der Waals surface area contributed by atoms with Crippen molar-refractivity contribution >= 4 is 62.5 Å². The van der Waals surface area contributed by atoms with E-state index in [1.807, 2.05) is 66.7 Å². The molecule has 5 aromatic rings. The van der Waals surface area contributed by atoms with E-state index in [9.17, 15) is 24.0 Å². The maximum absolute atomic E-state index is 14.6. The molecular formula is C42H51N9O5S. The molecule has 6 rings (SSSR count). The summed E-state index contributed by atoms with van der Waals surface area (Å²) in [4.78, 5) is 76.5. The summed E-state index contributed by atoms with van der Waals surface area (Å²) >= 11 is 1.34. The number of fused-ring (bicyclic) bond motifs is 2. The summed E-state index contributed by atoms with van der Waals surface area (Å²) in [6, 6.07) is 17.0.